The van der Waals surface area contributed by atoms with Crippen molar-refractivity contribution in [3.05, 3.63) is 0 Å². The maximum atomic E-state index is 11.4. The second-order valence-electron chi connectivity index (χ2n) is 4.92. The highest BCUT2D eigenvalue weighted by Crippen LogP contribution is 2.11. The highest BCUT2D eigenvalue weighted by Gasteiger charge is 2.23. The first kappa shape index (κ1) is 13.9. The number of hydrogen-bond donors (Lipinski definition) is 1. The minimum absolute atomic E-state index is 0.193. The van der Waals surface area contributed by atoms with Crippen molar-refractivity contribution >= 4 is 9.84 Å². The van der Waals surface area contributed by atoms with Crippen LogP contribution in [-0.4, -0.2) is 58.1 Å². The van der Waals surface area contributed by atoms with Crippen LogP contribution in [0, 0.1) is 0 Å². The van der Waals surface area contributed by atoms with Crippen LogP contribution in [0.15, 0.2) is 0 Å². The Labute approximate surface area is 99.3 Å². The molecule has 0 radical (unpaired) electrons. The summed E-state index contributed by atoms with van der Waals surface area (Å²) in [6, 6.07) is 0.193. The van der Waals surface area contributed by atoms with Gasteiger partial charge in [-0.2, -0.15) is 0 Å². The first-order valence-electron chi connectivity index (χ1n) is 6.08. The van der Waals surface area contributed by atoms with Gasteiger partial charge in [0.25, 0.3) is 0 Å². The summed E-state index contributed by atoms with van der Waals surface area (Å²) in [5, 5.41) is 3.35. The predicted molar refractivity (Wildman–Crippen MR) is 67.5 cm³/mol. The van der Waals surface area contributed by atoms with Crippen LogP contribution in [0.2, 0.25) is 0 Å². The quantitative estimate of drug-likeness (QED) is 0.695. The summed E-state index contributed by atoms with van der Waals surface area (Å²) >= 11 is 0. The van der Waals surface area contributed by atoms with Crippen LogP contribution in [0.1, 0.15) is 25.7 Å². The van der Waals surface area contributed by atoms with Crippen LogP contribution in [0.4, 0.5) is 0 Å². The lowest BCUT2D eigenvalue weighted by Gasteiger charge is -2.23. The van der Waals surface area contributed by atoms with E-state index < -0.39 is 9.84 Å². The average Bonchev–Trinajstić information content (AvgIpc) is 2.15. The third-order valence-electron chi connectivity index (χ3n) is 2.93. The molecule has 4 nitrogen and oxygen atoms in total. The zero-order valence-corrected chi connectivity index (χ0v) is 11.2. The molecule has 0 aliphatic carbocycles. The van der Waals surface area contributed by atoms with E-state index in [9.17, 15) is 8.42 Å². The highest BCUT2D eigenvalue weighted by atomic mass is 32.2. The van der Waals surface area contributed by atoms with Gasteiger partial charge in [-0.15, -0.1) is 0 Å². The largest absolute Gasteiger partial charge is 0.313 e. The van der Waals surface area contributed by atoms with Gasteiger partial charge in [-0.3, -0.25) is 0 Å². The van der Waals surface area contributed by atoms with Crippen LogP contribution in [-0.2, 0) is 9.84 Å². The van der Waals surface area contributed by atoms with Crippen LogP contribution in [0.5, 0.6) is 0 Å². The minimum Gasteiger partial charge on any atom is -0.313 e. The molecule has 1 saturated heterocycles. The number of rotatable bonds is 6. The molecule has 96 valence electrons. The molecular formula is C11H24N2O2S. The van der Waals surface area contributed by atoms with E-state index in [0.717, 1.165) is 32.4 Å². The predicted octanol–water partition coefficient (Wildman–Crippen LogP) is 0.495. The van der Waals surface area contributed by atoms with Crippen molar-refractivity contribution in [2.45, 2.75) is 31.7 Å². The molecular weight excluding hydrogens is 224 g/mol. The molecule has 0 spiro atoms. The number of hydrogen-bond acceptors (Lipinski definition) is 4. The van der Waals surface area contributed by atoms with Gasteiger partial charge >= 0.3 is 0 Å². The fourth-order valence-corrected chi connectivity index (χ4v) is 3.71. The lowest BCUT2D eigenvalue weighted by molar-refractivity contribution is 0.386. The summed E-state index contributed by atoms with van der Waals surface area (Å²) in [7, 11) is 1.38. The Hall–Kier alpha value is -0.130. The van der Waals surface area contributed by atoms with Gasteiger partial charge in [0.15, 0.2) is 9.84 Å². The Bertz CT molecular complexity index is 288. The minimum atomic E-state index is -2.76. The number of sulfone groups is 1. The summed E-state index contributed by atoms with van der Waals surface area (Å²) in [4.78, 5) is 2.17. The Kier molecular flexibility index (Phi) is 5.72. The van der Waals surface area contributed by atoms with Gasteiger partial charge in [0.05, 0.1) is 11.5 Å². The van der Waals surface area contributed by atoms with E-state index in [4.69, 9.17) is 0 Å². The fourth-order valence-electron chi connectivity index (χ4n) is 2.04. The van der Waals surface area contributed by atoms with Gasteiger partial charge in [0.2, 0.25) is 0 Å². The van der Waals surface area contributed by atoms with Crippen molar-refractivity contribution < 1.29 is 8.42 Å². The van der Waals surface area contributed by atoms with E-state index in [2.05, 4.69) is 24.3 Å². The van der Waals surface area contributed by atoms with Crippen LogP contribution < -0.4 is 5.32 Å². The molecule has 1 atom stereocenters. The molecule has 5 heteroatoms. The Morgan fingerprint density at radius 1 is 1.31 bits per heavy atom. The summed E-state index contributed by atoms with van der Waals surface area (Å²) in [6.45, 7) is 2.04. The lowest BCUT2D eigenvalue weighted by Crippen LogP contribution is -2.40. The van der Waals surface area contributed by atoms with Crippen molar-refractivity contribution in [1.29, 1.82) is 0 Å². The molecule has 0 bridgehead atoms. The van der Waals surface area contributed by atoms with E-state index in [-0.39, 0.29) is 6.04 Å². The topological polar surface area (TPSA) is 49.4 Å². The van der Waals surface area contributed by atoms with E-state index in [1.54, 1.807) is 0 Å². The first-order valence-corrected chi connectivity index (χ1v) is 7.90. The molecule has 1 aliphatic heterocycles. The first-order chi connectivity index (χ1) is 7.49. The lowest BCUT2D eigenvalue weighted by atomic mass is 10.2. The SMILES string of the molecule is CN(C)CCCCNC1CCCS(=O)(=O)C1. The van der Waals surface area contributed by atoms with Gasteiger partial charge in [0.1, 0.15) is 0 Å². The monoisotopic (exact) mass is 248 g/mol. The van der Waals surface area contributed by atoms with E-state index in [0.29, 0.717) is 11.5 Å². The molecule has 0 aromatic rings. The molecule has 1 heterocycles. The zero-order chi connectivity index (χ0) is 12.0. The molecule has 0 saturated carbocycles. The van der Waals surface area contributed by atoms with Gasteiger partial charge in [-0.1, -0.05) is 0 Å². The van der Waals surface area contributed by atoms with Crippen LogP contribution >= 0.6 is 0 Å². The van der Waals surface area contributed by atoms with Crippen molar-refractivity contribution in [3.63, 3.8) is 0 Å². The Balaban J connectivity index is 2.09. The van der Waals surface area contributed by atoms with Gasteiger partial charge in [-0.25, -0.2) is 8.42 Å². The average molecular weight is 248 g/mol. The molecule has 0 aromatic carbocycles. The Morgan fingerprint density at radius 3 is 2.69 bits per heavy atom. The summed E-state index contributed by atoms with van der Waals surface area (Å²) in [6.07, 6.45) is 4.11. The van der Waals surface area contributed by atoms with E-state index in [1.807, 2.05) is 0 Å². The number of nitrogens with one attached hydrogen (secondary N) is 1. The van der Waals surface area contributed by atoms with Crippen molar-refractivity contribution in [1.82, 2.24) is 10.2 Å². The summed E-state index contributed by atoms with van der Waals surface area (Å²) in [5.74, 6) is 0.715. The smallest absolute Gasteiger partial charge is 0.151 e. The van der Waals surface area contributed by atoms with Crippen molar-refractivity contribution in [2.75, 3.05) is 38.7 Å². The van der Waals surface area contributed by atoms with Gasteiger partial charge in [-0.05, 0) is 52.9 Å². The molecule has 1 aliphatic rings. The van der Waals surface area contributed by atoms with Crippen molar-refractivity contribution in [3.8, 4) is 0 Å². The molecule has 0 amide bonds. The van der Waals surface area contributed by atoms with Gasteiger partial charge in [0, 0.05) is 6.04 Å². The normalized spacial score (nSPS) is 24.8. The molecule has 0 aromatic heterocycles. The Morgan fingerprint density at radius 2 is 2.06 bits per heavy atom. The van der Waals surface area contributed by atoms with E-state index >= 15 is 0 Å². The molecule has 1 fully saturated rings. The van der Waals surface area contributed by atoms with Crippen molar-refractivity contribution in [2.24, 2.45) is 0 Å². The third kappa shape index (κ3) is 5.82. The van der Waals surface area contributed by atoms with Gasteiger partial charge < -0.3 is 10.2 Å². The second-order valence-corrected chi connectivity index (χ2v) is 7.15. The highest BCUT2D eigenvalue weighted by molar-refractivity contribution is 7.91. The third-order valence-corrected chi connectivity index (χ3v) is 4.75. The van der Waals surface area contributed by atoms with Crippen LogP contribution in [0.3, 0.4) is 0 Å². The second kappa shape index (κ2) is 6.57. The maximum absolute atomic E-state index is 11.4. The van der Waals surface area contributed by atoms with E-state index in [1.165, 1.54) is 6.42 Å². The maximum Gasteiger partial charge on any atom is 0.151 e. The zero-order valence-electron chi connectivity index (χ0n) is 10.4. The molecule has 1 rings (SSSR count). The number of unbranched alkanes of at least 4 members (excludes halogenated alkanes) is 1. The number of nitrogens with zero attached hydrogens (tertiary/aromatic N) is 1. The van der Waals surface area contributed by atoms with Crippen LogP contribution in [0.25, 0.3) is 0 Å². The summed E-state index contributed by atoms with van der Waals surface area (Å²) < 4.78 is 22.8. The summed E-state index contributed by atoms with van der Waals surface area (Å²) in [5.41, 5.74) is 0. The fraction of sp³-hybridized carbons (Fsp3) is 1.00. The molecule has 1 unspecified atom stereocenters. The standard InChI is InChI=1S/C11H24N2O2S/c1-13(2)8-4-3-7-12-11-6-5-9-16(14,15)10-11/h11-12H,3-10H2,1-2H3. The molecule has 1 N–H and O–H groups in total. The molecule has 16 heavy (non-hydrogen) atoms.